The number of benzene rings is 1. The molecule has 9 heteroatoms. The lowest BCUT2D eigenvalue weighted by Crippen LogP contribution is -2.34. The molecule has 1 saturated heterocycles. The third-order valence-electron chi connectivity index (χ3n) is 3.88. The number of carbonyl (C=O) groups is 3. The SMILES string of the molecule is COc1ccccc1NC(=O)C(=O)NN=C(C)CC(=O)NCC1CCCO1. The van der Waals surface area contributed by atoms with Crippen LogP contribution >= 0.6 is 0 Å². The van der Waals surface area contributed by atoms with Crippen LogP contribution in [0, 0.1) is 0 Å². The van der Waals surface area contributed by atoms with Gasteiger partial charge >= 0.3 is 11.8 Å². The standard InChI is InChI=1S/C18H24N4O5/c1-12(10-16(23)19-11-13-6-5-9-27-13)21-22-18(25)17(24)20-14-7-3-4-8-15(14)26-2/h3-4,7-8,13H,5-6,9-11H2,1-2H3,(H,19,23)(H,20,24)(H,22,25). The van der Waals surface area contributed by atoms with E-state index >= 15 is 0 Å². The van der Waals surface area contributed by atoms with Gasteiger partial charge in [-0.3, -0.25) is 14.4 Å². The van der Waals surface area contributed by atoms with Crippen molar-refractivity contribution in [3.63, 3.8) is 0 Å². The van der Waals surface area contributed by atoms with E-state index in [0.717, 1.165) is 19.4 Å². The summed E-state index contributed by atoms with van der Waals surface area (Å²) in [6, 6.07) is 6.71. The largest absolute Gasteiger partial charge is 0.495 e. The summed E-state index contributed by atoms with van der Waals surface area (Å²) < 4.78 is 10.5. The molecule has 0 bridgehead atoms. The monoisotopic (exact) mass is 376 g/mol. The number of rotatable bonds is 7. The molecule has 3 N–H and O–H groups in total. The minimum absolute atomic E-state index is 0.0150. The van der Waals surface area contributed by atoms with Crippen LogP contribution in [-0.4, -0.2) is 49.8 Å². The molecule has 0 aromatic heterocycles. The van der Waals surface area contributed by atoms with E-state index in [1.165, 1.54) is 7.11 Å². The van der Waals surface area contributed by atoms with Crippen LogP contribution in [0.5, 0.6) is 5.75 Å². The van der Waals surface area contributed by atoms with Gasteiger partial charge in [0.2, 0.25) is 5.91 Å². The molecule has 1 aliphatic rings. The van der Waals surface area contributed by atoms with Crippen molar-refractivity contribution in [1.29, 1.82) is 0 Å². The molecule has 27 heavy (non-hydrogen) atoms. The first-order chi connectivity index (χ1) is 13.0. The number of hydrogen-bond acceptors (Lipinski definition) is 6. The van der Waals surface area contributed by atoms with Crippen LogP contribution in [0.1, 0.15) is 26.2 Å². The lowest BCUT2D eigenvalue weighted by molar-refractivity contribution is -0.136. The van der Waals surface area contributed by atoms with Gasteiger partial charge in [-0.15, -0.1) is 0 Å². The van der Waals surface area contributed by atoms with Crippen molar-refractivity contribution >= 4 is 29.1 Å². The molecule has 1 aromatic carbocycles. The zero-order chi connectivity index (χ0) is 19.6. The van der Waals surface area contributed by atoms with Crippen LogP contribution in [0.3, 0.4) is 0 Å². The third kappa shape index (κ3) is 6.70. The number of para-hydroxylation sites is 2. The van der Waals surface area contributed by atoms with Gasteiger partial charge in [-0.1, -0.05) is 12.1 Å². The molecule has 1 aromatic rings. The van der Waals surface area contributed by atoms with Crippen molar-refractivity contribution < 1.29 is 23.9 Å². The van der Waals surface area contributed by atoms with Gasteiger partial charge in [0.25, 0.3) is 0 Å². The number of methoxy groups -OCH3 is 1. The molecule has 1 aliphatic heterocycles. The second-order valence-corrected chi connectivity index (χ2v) is 6.06. The van der Waals surface area contributed by atoms with Crippen molar-refractivity contribution in [2.45, 2.75) is 32.3 Å². The summed E-state index contributed by atoms with van der Waals surface area (Å²) in [7, 11) is 1.46. The van der Waals surface area contributed by atoms with E-state index in [9.17, 15) is 14.4 Å². The number of hydrogen-bond donors (Lipinski definition) is 3. The predicted octanol–water partition coefficient (Wildman–Crippen LogP) is 0.811. The average Bonchev–Trinajstić information content (AvgIpc) is 3.18. The smallest absolute Gasteiger partial charge is 0.329 e. The van der Waals surface area contributed by atoms with E-state index in [1.807, 2.05) is 0 Å². The highest BCUT2D eigenvalue weighted by atomic mass is 16.5. The van der Waals surface area contributed by atoms with E-state index in [0.29, 0.717) is 23.7 Å². The molecular weight excluding hydrogens is 352 g/mol. The van der Waals surface area contributed by atoms with Crippen LogP contribution in [-0.2, 0) is 19.1 Å². The maximum Gasteiger partial charge on any atom is 0.329 e. The Kier molecular flexibility index (Phi) is 7.75. The van der Waals surface area contributed by atoms with E-state index in [2.05, 4.69) is 21.2 Å². The fraction of sp³-hybridized carbons (Fsp3) is 0.444. The summed E-state index contributed by atoms with van der Waals surface area (Å²) in [4.78, 5) is 35.6. The normalized spacial score (nSPS) is 16.5. The second kappa shape index (κ2) is 10.3. The number of carbonyl (C=O) groups excluding carboxylic acids is 3. The van der Waals surface area contributed by atoms with Crippen LogP contribution in [0.25, 0.3) is 0 Å². The molecule has 0 radical (unpaired) electrons. The number of ether oxygens (including phenoxy) is 2. The molecule has 9 nitrogen and oxygen atoms in total. The first-order valence-corrected chi connectivity index (χ1v) is 8.65. The fourth-order valence-electron chi connectivity index (χ4n) is 2.49. The quantitative estimate of drug-likeness (QED) is 0.370. The van der Waals surface area contributed by atoms with Crippen molar-refractivity contribution in [2.24, 2.45) is 5.10 Å². The summed E-state index contributed by atoms with van der Waals surface area (Å²) >= 11 is 0. The number of nitrogens with one attached hydrogen (secondary N) is 3. The Labute approximate surface area is 157 Å². The van der Waals surface area contributed by atoms with E-state index in [-0.39, 0.29) is 18.4 Å². The maximum atomic E-state index is 11.9. The fourth-order valence-corrected chi connectivity index (χ4v) is 2.49. The zero-order valence-electron chi connectivity index (χ0n) is 15.4. The van der Waals surface area contributed by atoms with Crippen LogP contribution in [0.4, 0.5) is 5.69 Å². The summed E-state index contributed by atoms with van der Waals surface area (Å²) in [5.41, 5.74) is 2.88. The van der Waals surface area contributed by atoms with Crippen LogP contribution < -0.4 is 20.8 Å². The van der Waals surface area contributed by atoms with Gasteiger partial charge in [0.05, 0.1) is 25.3 Å². The minimum Gasteiger partial charge on any atom is -0.495 e. The Bertz CT molecular complexity index is 713. The number of anilines is 1. The highest BCUT2D eigenvalue weighted by Crippen LogP contribution is 2.22. The van der Waals surface area contributed by atoms with Crippen molar-refractivity contribution in [3.05, 3.63) is 24.3 Å². The van der Waals surface area contributed by atoms with Gasteiger partial charge in [-0.25, -0.2) is 5.43 Å². The molecule has 1 atom stereocenters. The van der Waals surface area contributed by atoms with Crippen molar-refractivity contribution in [2.75, 3.05) is 25.6 Å². The van der Waals surface area contributed by atoms with E-state index < -0.39 is 11.8 Å². The molecule has 0 spiro atoms. The summed E-state index contributed by atoms with van der Waals surface area (Å²) in [6.45, 7) is 2.77. The van der Waals surface area contributed by atoms with Crippen LogP contribution in [0.2, 0.25) is 0 Å². The Morgan fingerprint density at radius 1 is 1.26 bits per heavy atom. The molecule has 3 amide bonds. The molecule has 1 unspecified atom stereocenters. The van der Waals surface area contributed by atoms with Crippen LogP contribution in [0.15, 0.2) is 29.4 Å². The number of amides is 3. The predicted molar refractivity (Wildman–Crippen MR) is 99.5 cm³/mol. The molecule has 1 heterocycles. The van der Waals surface area contributed by atoms with Crippen molar-refractivity contribution in [3.8, 4) is 5.75 Å². The minimum atomic E-state index is -0.944. The topological polar surface area (TPSA) is 118 Å². The van der Waals surface area contributed by atoms with Gasteiger partial charge < -0.3 is 20.1 Å². The summed E-state index contributed by atoms with van der Waals surface area (Å²) in [5, 5.41) is 8.98. The second-order valence-electron chi connectivity index (χ2n) is 6.06. The molecule has 0 saturated carbocycles. The number of nitrogens with zero attached hydrogens (tertiary/aromatic N) is 1. The van der Waals surface area contributed by atoms with E-state index in [4.69, 9.17) is 9.47 Å². The molecule has 1 fully saturated rings. The lowest BCUT2D eigenvalue weighted by atomic mass is 10.2. The Balaban J connectivity index is 1.76. The first-order valence-electron chi connectivity index (χ1n) is 8.65. The van der Waals surface area contributed by atoms with Gasteiger partial charge in [-0.05, 0) is 31.9 Å². The Hall–Kier alpha value is -2.94. The van der Waals surface area contributed by atoms with E-state index in [1.54, 1.807) is 31.2 Å². The van der Waals surface area contributed by atoms with Crippen molar-refractivity contribution in [1.82, 2.24) is 10.7 Å². The molecule has 0 aliphatic carbocycles. The Morgan fingerprint density at radius 2 is 2.04 bits per heavy atom. The van der Waals surface area contributed by atoms with Gasteiger partial charge in [0, 0.05) is 18.9 Å². The number of hydrazone groups is 1. The zero-order valence-corrected chi connectivity index (χ0v) is 15.4. The lowest BCUT2D eigenvalue weighted by Gasteiger charge is -2.10. The average molecular weight is 376 g/mol. The summed E-state index contributed by atoms with van der Waals surface area (Å²) in [5.74, 6) is -1.63. The first kappa shape index (κ1) is 20.4. The van der Waals surface area contributed by atoms with Gasteiger partial charge in [0.15, 0.2) is 0 Å². The Morgan fingerprint density at radius 3 is 2.74 bits per heavy atom. The van der Waals surface area contributed by atoms with Gasteiger partial charge in [0.1, 0.15) is 5.75 Å². The highest BCUT2D eigenvalue weighted by Gasteiger charge is 2.17. The molecular formula is C18H24N4O5. The van der Waals surface area contributed by atoms with Gasteiger partial charge in [-0.2, -0.15) is 5.10 Å². The maximum absolute atomic E-state index is 11.9. The molecule has 146 valence electrons. The highest BCUT2D eigenvalue weighted by molar-refractivity contribution is 6.39. The summed E-state index contributed by atoms with van der Waals surface area (Å²) in [6.07, 6.45) is 2.01. The third-order valence-corrected chi connectivity index (χ3v) is 3.88. The molecule has 2 rings (SSSR count).